The average molecular weight is 443 g/mol. The van der Waals surface area contributed by atoms with E-state index >= 15 is 0 Å². The molecule has 1 saturated carbocycles. The predicted molar refractivity (Wildman–Crippen MR) is 100 cm³/mol. The number of halogens is 1. The van der Waals surface area contributed by atoms with Crippen LogP contribution >= 0.6 is 15.9 Å². The van der Waals surface area contributed by atoms with Gasteiger partial charge in [0.05, 0.1) is 17.0 Å². The van der Waals surface area contributed by atoms with Gasteiger partial charge in [0, 0.05) is 23.6 Å². The molecule has 3 aliphatic rings. The zero-order chi connectivity index (χ0) is 18.5. The van der Waals surface area contributed by atoms with Crippen LogP contribution in [0.15, 0.2) is 27.6 Å². The van der Waals surface area contributed by atoms with Gasteiger partial charge < -0.3 is 9.64 Å². The molecule has 0 atom stereocenters. The fourth-order valence-electron chi connectivity index (χ4n) is 3.82. The Kier molecular flexibility index (Phi) is 4.66. The topological polar surface area (TPSA) is 66.9 Å². The maximum absolute atomic E-state index is 13.0. The predicted octanol–water partition coefficient (Wildman–Crippen LogP) is 2.30. The molecule has 6 nitrogen and oxygen atoms in total. The van der Waals surface area contributed by atoms with Crippen molar-refractivity contribution in [3.05, 3.63) is 28.2 Å². The minimum atomic E-state index is -3.51. The fourth-order valence-corrected chi connectivity index (χ4v) is 5.60. The van der Waals surface area contributed by atoms with Crippen molar-refractivity contribution in [3.63, 3.8) is 0 Å². The van der Waals surface area contributed by atoms with Crippen molar-refractivity contribution in [3.8, 4) is 0 Å². The number of ether oxygens (including phenoxy) is 1. The molecule has 1 aromatic rings. The Morgan fingerprint density at radius 1 is 1.23 bits per heavy atom. The van der Waals surface area contributed by atoms with Gasteiger partial charge in [-0.05, 0) is 56.4 Å². The highest BCUT2D eigenvalue weighted by Crippen LogP contribution is 2.37. The largest absolute Gasteiger partial charge is 0.363 e. The SMILES string of the molecule is Cc1cc(S(=O)(=O)N2CCC3(CC2)CN(C2CC2)C(=O)CO3)ccc1Br. The molecule has 3 fully saturated rings. The van der Waals surface area contributed by atoms with Gasteiger partial charge in [0.2, 0.25) is 15.9 Å². The normalized spacial score (nSPS) is 24.2. The van der Waals surface area contributed by atoms with Gasteiger partial charge >= 0.3 is 0 Å². The molecule has 0 N–H and O–H groups in total. The van der Waals surface area contributed by atoms with Crippen LogP contribution in [0, 0.1) is 6.92 Å². The summed E-state index contributed by atoms with van der Waals surface area (Å²) in [6.45, 7) is 3.44. The Bertz CT molecular complexity index is 830. The first-order valence-corrected chi connectivity index (χ1v) is 11.2. The molecule has 8 heteroatoms. The van der Waals surface area contributed by atoms with Crippen LogP contribution in [0.4, 0.5) is 0 Å². The van der Waals surface area contributed by atoms with E-state index in [-0.39, 0.29) is 12.5 Å². The zero-order valence-corrected chi connectivity index (χ0v) is 17.2. The summed E-state index contributed by atoms with van der Waals surface area (Å²) in [6.07, 6.45) is 3.40. The van der Waals surface area contributed by atoms with Crippen molar-refractivity contribution in [1.82, 2.24) is 9.21 Å². The Hall–Kier alpha value is -0.960. The lowest BCUT2D eigenvalue weighted by atomic mass is 9.90. The third-order valence-electron chi connectivity index (χ3n) is 5.67. The molecule has 1 aliphatic carbocycles. The highest BCUT2D eigenvalue weighted by molar-refractivity contribution is 9.10. The molecule has 0 bridgehead atoms. The minimum Gasteiger partial charge on any atom is -0.363 e. The number of benzene rings is 1. The average Bonchev–Trinajstić information content (AvgIpc) is 3.45. The Labute approximate surface area is 162 Å². The second-order valence-electron chi connectivity index (χ2n) is 7.54. The zero-order valence-electron chi connectivity index (χ0n) is 14.8. The molecule has 0 aromatic heterocycles. The van der Waals surface area contributed by atoms with E-state index < -0.39 is 15.6 Å². The van der Waals surface area contributed by atoms with Gasteiger partial charge in [-0.1, -0.05) is 15.9 Å². The summed E-state index contributed by atoms with van der Waals surface area (Å²) in [5.74, 6) is 0.0681. The van der Waals surface area contributed by atoms with Crippen LogP contribution in [-0.2, 0) is 19.6 Å². The second kappa shape index (κ2) is 6.58. The highest BCUT2D eigenvalue weighted by atomic mass is 79.9. The van der Waals surface area contributed by atoms with Crippen molar-refractivity contribution in [2.75, 3.05) is 26.2 Å². The summed E-state index contributed by atoms with van der Waals surface area (Å²) in [4.78, 5) is 14.3. The van der Waals surface area contributed by atoms with Crippen LogP contribution in [-0.4, -0.2) is 61.4 Å². The molecule has 4 rings (SSSR count). The van der Waals surface area contributed by atoms with Gasteiger partial charge in [0.25, 0.3) is 0 Å². The lowest BCUT2D eigenvalue weighted by Crippen LogP contribution is -2.59. The summed E-state index contributed by atoms with van der Waals surface area (Å²) >= 11 is 3.41. The molecule has 1 amide bonds. The van der Waals surface area contributed by atoms with Gasteiger partial charge in [-0.3, -0.25) is 4.79 Å². The summed E-state index contributed by atoms with van der Waals surface area (Å²) in [7, 11) is -3.51. The van der Waals surface area contributed by atoms with E-state index in [1.165, 1.54) is 0 Å². The number of hydrogen-bond acceptors (Lipinski definition) is 4. The second-order valence-corrected chi connectivity index (χ2v) is 10.3. The maximum Gasteiger partial charge on any atom is 0.248 e. The standard InChI is InChI=1S/C18H23BrN2O4S/c1-13-10-15(4-5-16(13)19)26(23,24)20-8-6-18(7-9-20)12-21(14-2-3-14)17(22)11-25-18/h4-5,10,14H,2-3,6-9,11-12H2,1H3. The molecule has 2 heterocycles. The number of carbonyl (C=O) groups is 1. The van der Waals surface area contributed by atoms with Crippen LogP contribution < -0.4 is 0 Å². The number of amides is 1. The van der Waals surface area contributed by atoms with Gasteiger partial charge in [-0.25, -0.2) is 8.42 Å². The van der Waals surface area contributed by atoms with Gasteiger partial charge in [-0.15, -0.1) is 0 Å². The highest BCUT2D eigenvalue weighted by Gasteiger charge is 2.47. The first kappa shape index (κ1) is 18.4. The Morgan fingerprint density at radius 3 is 2.54 bits per heavy atom. The first-order chi connectivity index (χ1) is 12.3. The van der Waals surface area contributed by atoms with Crippen LogP contribution in [0.5, 0.6) is 0 Å². The minimum absolute atomic E-state index is 0.0681. The van der Waals surface area contributed by atoms with Crippen molar-refractivity contribution in [1.29, 1.82) is 0 Å². The molecular weight excluding hydrogens is 420 g/mol. The molecule has 0 radical (unpaired) electrons. The summed E-state index contributed by atoms with van der Waals surface area (Å²) < 4.78 is 34.3. The molecule has 142 valence electrons. The molecule has 1 spiro atoms. The number of aryl methyl sites for hydroxylation is 1. The molecule has 1 aromatic carbocycles. The van der Waals surface area contributed by atoms with Gasteiger partial charge in [0.1, 0.15) is 6.61 Å². The van der Waals surface area contributed by atoms with Crippen molar-refractivity contribution in [2.24, 2.45) is 0 Å². The summed E-state index contributed by atoms with van der Waals surface area (Å²) in [5.41, 5.74) is 0.506. The lowest BCUT2D eigenvalue weighted by Gasteiger charge is -2.46. The van der Waals surface area contributed by atoms with E-state index in [9.17, 15) is 13.2 Å². The summed E-state index contributed by atoms with van der Waals surface area (Å²) in [5, 5.41) is 0. The number of hydrogen-bond donors (Lipinski definition) is 0. The van der Waals surface area contributed by atoms with E-state index in [0.29, 0.717) is 43.4 Å². The molecular formula is C18H23BrN2O4S. The smallest absolute Gasteiger partial charge is 0.248 e. The van der Waals surface area contributed by atoms with E-state index in [0.717, 1.165) is 22.9 Å². The number of sulfonamides is 1. The molecule has 2 saturated heterocycles. The summed E-state index contributed by atoms with van der Waals surface area (Å²) in [6, 6.07) is 5.49. The van der Waals surface area contributed by atoms with Crippen molar-refractivity contribution < 1.29 is 17.9 Å². The van der Waals surface area contributed by atoms with Crippen molar-refractivity contribution >= 4 is 31.9 Å². The van der Waals surface area contributed by atoms with Crippen LogP contribution in [0.2, 0.25) is 0 Å². The third-order valence-corrected chi connectivity index (χ3v) is 8.45. The number of nitrogens with zero attached hydrogens (tertiary/aromatic N) is 2. The van der Waals surface area contributed by atoms with Crippen molar-refractivity contribution in [2.45, 2.75) is 49.1 Å². The molecule has 26 heavy (non-hydrogen) atoms. The van der Waals surface area contributed by atoms with Crippen LogP contribution in [0.1, 0.15) is 31.2 Å². The number of carbonyl (C=O) groups excluding carboxylic acids is 1. The molecule has 2 aliphatic heterocycles. The fraction of sp³-hybridized carbons (Fsp3) is 0.611. The monoisotopic (exact) mass is 442 g/mol. The number of morpholine rings is 1. The number of rotatable bonds is 3. The Morgan fingerprint density at radius 2 is 1.92 bits per heavy atom. The van der Waals surface area contributed by atoms with Gasteiger partial charge in [-0.2, -0.15) is 4.31 Å². The maximum atomic E-state index is 13.0. The van der Waals surface area contributed by atoms with Crippen LogP contribution in [0.25, 0.3) is 0 Å². The van der Waals surface area contributed by atoms with E-state index in [1.54, 1.807) is 22.5 Å². The molecule has 0 unspecified atom stereocenters. The van der Waals surface area contributed by atoms with Gasteiger partial charge in [0.15, 0.2) is 0 Å². The lowest BCUT2D eigenvalue weighted by molar-refractivity contribution is -0.170. The number of piperidine rings is 1. The van der Waals surface area contributed by atoms with E-state index in [1.807, 2.05) is 11.8 Å². The Balaban J connectivity index is 1.47. The van der Waals surface area contributed by atoms with E-state index in [4.69, 9.17) is 4.74 Å². The third kappa shape index (κ3) is 3.32. The quantitative estimate of drug-likeness (QED) is 0.719. The van der Waals surface area contributed by atoms with E-state index in [2.05, 4.69) is 15.9 Å². The van der Waals surface area contributed by atoms with Crippen LogP contribution in [0.3, 0.4) is 0 Å². The first-order valence-electron chi connectivity index (χ1n) is 9.01.